The molecule has 5 atom stereocenters. The van der Waals surface area contributed by atoms with Gasteiger partial charge in [-0.25, -0.2) is 0 Å². The van der Waals surface area contributed by atoms with Gasteiger partial charge in [0.1, 0.15) is 6.04 Å². The first kappa shape index (κ1) is 20.2. The molecule has 0 spiro atoms. The second-order valence-corrected chi connectivity index (χ2v) is 9.65. The minimum absolute atomic E-state index is 0.147. The number of rotatable bonds is 5. The number of fused-ring (bicyclic) bond motifs is 6. The minimum Gasteiger partial charge on any atom is -0.324 e. The lowest BCUT2D eigenvalue weighted by Crippen LogP contribution is -2.49. The topological polar surface area (TPSA) is 66.5 Å². The molecule has 1 heterocycles. The van der Waals surface area contributed by atoms with Gasteiger partial charge in [0.15, 0.2) is 0 Å². The summed E-state index contributed by atoms with van der Waals surface area (Å²) >= 11 is 0. The van der Waals surface area contributed by atoms with Crippen molar-refractivity contribution in [3.8, 4) is 0 Å². The van der Waals surface area contributed by atoms with Gasteiger partial charge in [-0.1, -0.05) is 66.7 Å². The van der Waals surface area contributed by atoms with Crippen LogP contribution in [0.15, 0.2) is 72.8 Å². The van der Waals surface area contributed by atoms with Crippen LogP contribution in [-0.4, -0.2) is 28.7 Å². The zero-order valence-corrected chi connectivity index (χ0v) is 18.3. The van der Waals surface area contributed by atoms with Gasteiger partial charge in [0.05, 0.1) is 11.8 Å². The minimum atomic E-state index is -0.864. The zero-order valence-electron chi connectivity index (χ0n) is 18.3. The highest BCUT2D eigenvalue weighted by atomic mass is 16.2. The molecule has 3 aliphatic rings. The predicted octanol–water partition coefficient (Wildman–Crippen LogP) is 4.42. The molecule has 3 fully saturated rings. The summed E-state index contributed by atoms with van der Waals surface area (Å²) < 4.78 is 0. The lowest BCUT2D eigenvalue weighted by molar-refractivity contribution is -0.147. The molecule has 0 radical (unpaired) electrons. The van der Waals surface area contributed by atoms with Gasteiger partial charge >= 0.3 is 0 Å². The summed E-state index contributed by atoms with van der Waals surface area (Å²) in [5, 5.41) is 5.00. The van der Waals surface area contributed by atoms with E-state index in [1.807, 2.05) is 72.8 Å². The molecule has 33 heavy (non-hydrogen) atoms. The van der Waals surface area contributed by atoms with Gasteiger partial charge < -0.3 is 5.32 Å². The molecule has 2 saturated carbocycles. The van der Waals surface area contributed by atoms with E-state index in [0.717, 1.165) is 35.6 Å². The Balaban J connectivity index is 1.35. The molecule has 5 nitrogen and oxygen atoms in total. The van der Waals surface area contributed by atoms with E-state index < -0.39 is 6.04 Å². The van der Waals surface area contributed by atoms with Crippen LogP contribution in [0.2, 0.25) is 0 Å². The van der Waals surface area contributed by atoms with Crippen LogP contribution in [0, 0.1) is 23.7 Å². The van der Waals surface area contributed by atoms with Crippen molar-refractivity contribution in [2.75, 3.05) is 5.32 Å². The molecule has 5 heteroatoms. The van der Waals surface area contributed by atoms with Crippen molar-refractivity contribution in [2.45, 2.75) is 31.7 Å². The summed E-state index contributed by atoms with van der Waals surface area (Å²) in [4.78, 5) is 42.0. The van der Waals surface area contributed by atoms with E-state index >= 15 is 0 Å². The fourth-order valence-corrected chi connectivity index (χ4v) is 6.43. The standard InChI is InChI=1S/C28H26N2O3/c31-26(29-22-12-6-10-18-9-4-5-11-21(18)22)23(15-17-7-2-1-3-8-17)30-27(32)24-19-13-14-20(16-19)25(24)28(30)33/h1-12,19-20,23-25H,13-16H2,(H,29,31). The molecule has 3 amide bonds. The molecule has 2 bridgehead atoms. The van der Waals surface area contributed by atoms with Crippen molar-refractivity contribution in [2.24, 2.45) is 23.7 Å². The molecule has 1 aliphatic heterocycles. The van der Waals surface area contributed by atoms with Crippen molar-refractivity contribution in [1.82, 2.24) is 4.90 Å². The number of anilines is 1. The normalized spacial score (nSPS) is 26.6. The largest absolute Gasteiger partial charge is 0.324 e. The van der Waals surface area contributed by atoms with Crippen molar-refractivity contribution < 1.29 is 14.4 Å². The van der Waals surface area contributed by atoms with Crippen LogP contribution in [0.25, 0.3) is 10.8 Å². The first-order chi connectivity index (χ1) is 16.1. The van der Waals surface area contributed by atoms with Crippen LogP contribution < -0.4 is 5.32 Å². The molecule has 5 unspecified atom stereocenters. The van der Waals surface area contributed by atoms with Gasteiger partial charge in [0.2, 0.25) is 17.7 Å². The van der Waals surface area contributed by atoms with E-state index in [1.165, 1.54) is 4.90 Å². The van der Waals surface area contributed by atoms with Gasteiger partial charge in [-0.3, -0.25) is 19.3 Å². The Hall–Kier alpha value is -3.47. The Morgan fingerprint density at radius 1 is 0.848 bits per heavy atom. The maximum Gasteiger partial charge on any atom is 0.248 e. The third kappa shape index (κ3) is 3.26. The Morgan fingerprint density at radius 3 is 2.21 bits per heavy atom. The van der Waals surface area contributed by atoms with Gasteiger partial charge in [-0.2, -0.15) is 0 Å². The Morgan fingerprint density at radius 2 is 1.48 bits per heavy atom. The second-order valence-electron chi connectivity index (χ2n) is 9.65. The monoisotopic (exact) mass is 438 g/mol. The van der Waals surface area contributed by atoms with Crippen LogP contribution in [0.5, 0.6) is 0 Å². The molecule has 0 aromatic heterocycles. The number of likely N-dealkylation sites (tertiary alicyclic amines) is 1. The molecule has 2 aliphatic carbocycles. The lowest BCUT2D eigenvalue weighted by Gasteiger charge is -2.27. The Labute approximate surface area is 192 Å². The molecular weight excluding hydrogens is 412 g/mol. The molecule has 1 N–H and O–H groups in total. The van der Waals surface area contributed by atoms with E-state index in [1.54, 1.807) is 0 Å². The molecule has 3 aromatic carbocycles. The maximum absolute atomic E-state index is 13.7. The fourth-order valence-electron chi connectivity index (χ4n) is 6.43. The zero-order chi connectivity index (χ0) is 22.5. The summed E-state index contributed by atoms with van der Waals surface area (Å²) in [5.74, 6) is -0.499. The number of hydrogen-bond acceptors (Lipinski definition) is 3. The molecule has 166 valence electrons. The molecular formula is C28H26N2O3. The third-order valence-electron chi connectivity index (χ3n) is 7.90. The van der Waals surface area contributed by atoms with Crippen molar-refractivity contribution >= 4 is 34.2 Å². The lowest BCUT2D eigenvalue weighted by atomic mass is 9.81. The van der Waals surface area contributed by atoms with E-state index in [-0.39, 0.29) is 29.6 Å². The SMILES string of the molecule is O=C(Nc1cccc2ccccc12)C(Cc1ccccc1)N1C(=O)C2C3CCC(C3)C2C1=O. The summed E-state index contributed by atoms with van der Waals surface area (Å²) in [6.07, 6.45) is 3.32. The van der Waals surface area contributed by atoms with Crippen molar-refractivity contribution in [3.05, 3.63) is 78.4 Å². The first-order valence-corrected chi connectivity index (χ1v) is 11.8. The predicted molar refractivity (Wildman–Crippen MR) is 126 cm³/mol. The number of nitrogens with zero attached hydrogens (tertiary/aromatic N) is 1. The van der Waals surface area contributed by atoms with Crippen molar-refractivity contribution in [1.29, 1.82) is 0 Å². The second kappa shape index (κ2) is 7.84. The average molecular weight is 439 g/mol. The van der Waals surface area contributed by atoms with E-state index in [4.69, 9.17) is 0 Å². The van der Waals surface area contributed by atoms with Crippen LogP contribution >= 0.6 is 0 Å². The molecule has 1 saturated heterocycles. The van der Waals surface area contributed by atoms with Crippen LogP contribution in [0.1, 0.15) is 24.8 Å². The summed E-state index contributed by atoms with van der Waals surface area (Å²) in [6.45, 7) is 0. The highest BCUT2D eigenvalue weighted by Crippen LogP contribution is 2.56. The van der Waals surface area contributed by atoms with Crippen LogP contribution in [-0.2, 0) is 20.8 Å². The van der Waals surface area contributed by atoms with Gasteiger partial charge in [-0.15, -0.1) is 0 Å². The smallest absolute Gasteiger partial charge is 0.248 e. The number of imide groups is 1. The molecule has 3 aromatic rings. The maximum atomic E-state index is 13.7. The number of amides is 3. The summed E-state index contributed by atoms with van der Waals surface area (Å²) in [6, 6.07) is 22.4. The summed E-state index contributed by atoms with van der Waals surface area (Å²) in [5.41, 5.74) is 1.62. The van der Waals surface area contributed by atoms with Gasteiger partial charge in [0.25, 0.3) is 0 Å². The van der Waals surface area contributed by atoms with Crippen LogP contribution in [0.3, 0.4) is 0 Å². The highest BCUT2D eigenvalue weighted by molar-refractivity contribution is 6.12. The van der Waals surface area contributed by atoms with Crippen molar-refractivity contribution in [3.63, 3.8) is 0 Å². The van der Waals surface area contributed by atoms with E-state index in [2.05, 4.69) is 5.32 Å². The average Bonchev–Trinajstić information content (AvgIpc) is 3.52. The van der Waals surface area contributed by atoms with Crippen LogP contribution in [0.4, 0.5) is 5.69 Å². The number of hydrogen-bond donors (Lipinski definition) is 1. The quantitative estimate of drug-likeness (QED) is 0.600. The fraction of sp³-hybridized carbons (Fsp3) is 0.321. The summed E-state index contributed by atoms with van der Waals surface area (Å²) in [7, 11) is 0. The number of nitrogens with one attached hydrogen (secondary N) is 1. The van der Waals surface area contributed by atoms with E-state index in [0.29, 0.717) is 23.9 Å². The molecule has 6 rings (SSSR count). The number of carbonyl (C=O) groups excluding carboxylic acids is 3. The third-order valence-corrected chi connectivity index (χ3v) is 7.90. The van der Waals surface area contributed by atoms with Gasteiger partial charge in [-0.05, 0) is 48.1 Å². The number of benzene rings is 3. The Bertz CT molecular complexity index is 1220. The Kier molecular flexibility index (Phi) is 4.79. The van der Waals surface area contributed by atoms with E-state index in [9.17, 15) is 14.4 Å². The first-order valence-electron chi connectivity index (χ1n) is 11.8. The highest BCUT2D eigenvalue weighted by Gasteiger charge is 2.62. The number of carbonyl (C=O) groups is 3. The van der Waals surface area contributed by atoms with Gasteiger partial charge in [0, 0.05) is 17.5 Å².